The van der Waals surface area contributed by atoms with E-state index in [1.807, 2.05) is 0 Å². The van der Waals surface area contributed by atoms with E-state index in [0.717, 1.165) is 19.3 Å². The summed E-state index contributed by atoms with van der Waals surface area (Å²) in [5.41, 5.74) is 0. The van der Waals surface area contributed by atoms with Crippen LogP contribution in [0.5, 0.6) is 0 Å². The van der Waals surface area contributed by atoms with Crippen molar-refractivity contribution in [2.45, 2.75) is 55.4 Å². The molecule has 24 heavy (non-hydrogen) atoms. The van der Waals surface area contributed by atoms with Crippen molar-refractivity contribution < 1.29 is 22.0 Å². The second kappa shape index (κ2) is 5.24. The molecule has 0 aliphatic heterocycles. The van der Waals surface area contributed by atoms with E-state index in [0.29, 0.717) is 6.42 Å². The predicted octanol–water partition coefficient (Wildman–Crippen LogP) is 2.09. The highest BCUT2D eigenvalue weighted by atomic mass is 32.2. The summed E-state index contributed by atoms with van der Waals surface area (Å²) in [7, 11) is -4.01. The summed E-state index contributed by atoms with van der Waals surface area (Å²) in [5, 5.41) is 4.05. The van der Waals surface area contributed by atoms with Crippen LogP contribution in [0.3, 0.4) is 0 Å². The molecule has 6 nitrogen and oxygen atoms in total. The fourth-order valence-electron chi connectivity index (χ4n) is 4.11. The summed E-state index contributed by atoms with van der Waals surface area (Å²) < 4.78 is 55.4. The van der Waals surface area contributed by atoms with Gasteiger partial charge in [-0.05, 0) is 38.0 Å². The largest absolute Gasteiger partial charge is 0.274 e. The van der Waals surface area contributed by atoms with E-state index in [1.165, 1.54) is 12.4 Å². The van der Waals surface area contributed by atoms with Crippen LogP contribution in [0.15, 0.2) is 17.3 Å². The molecule has 1 aromatic rings. The fraction of sp³-hybridized carbons (Fsp3) is 0.733. The number of aromatic nitrogens is 2. The zero-order valence-electron chi connectivity index (χ0n) is 13.0. The Balaban J connectivity index is 1.44. The molecule has 0 unspecified atom stereocenters. The summed E-state index contributed by atoms with van der Waals surface area (Å²) in [6, 6.07) is 0.220. The number of nitrogens with zero attached hydrogens (tertiary/aromatic N) is 2. The molecule has 1 N–H and O–H groups in total. The number of rotatable bonds is 4. The molecule has 3 fully saturated rings. The highest BCUT2D eigenvalue weighted by Gasteiger charge is 2.58. The maximum absolute atomic E-state index is 13.5. The number of amides is 1. The van der Waals surface area contributed by atoms with E-state index >= 15 is 0 Å². The molecule has 3 saturated carbocycles. The van der Waals surface area contributed by atoms with Gasteiger partial charge in [0.25, 0.3) is 15.9 Å². The van der Waals surface area contributed by atoms with Gasteiger partial charge in [-0.25, -0.2) is 21.9 Å². The van der Waals surface area contributed by atoms with E-state index in [9.17, 15) is 22.0 Å². The van der Waals surface area contributed by atoms with Crippen molar-refractivity contribution in [1.29, 1.82) is 0 Å². The van der Waals surface area contributed by atoms with Gasteiger partial charge < -0.3 is 0 Å². The average Bonchev–Trinajstić information content (AvgIpc) is 3.08. The van der Waals surface area contributed by atoms with Gasteiger partial charge in [0.15, 0.2) is 0 Å². The lowest BCUT2D eigenvalue weighted by atomic mass is 9.86. The van der Waals surface area contributed by atoms with E-state index in [4.69, 9.17) is 0 Å². The molecule has 2 bridgehead atoms. The summed E-state index contributed by atoms with van der Waals surface area (Å²) >= 11 is 0. The van der Waals surface area contributed by atoms with Crippen LogP contribution in [0.25, 0.3) is 0 Å². The number of sulfonamides is 1. The number of hydrogen-bond acceptors (Lipinski definition) is 4. The van der Waals surface area contributed by atoms with Crippen LogP contribution >= 0.6 is 0 Å². The number of hydrogen-bond donors (Lipinski definition) is 1. The van der Waals surface area contributed by atoms with Gasteiger partial charge >= 0.3 is 0 Å². The Morgan fingerprint density at radius 2 is 2.08 bits per heavy atom. The van der Waals surface area contributed by atoms with Crippen LogP contribution < -0.4 is 4.72 Å². The van der Waals surface area contributed by atoms with Crippen LogP contribution in [0, 0.1) is 17.8 Å². The smallest absolute Gasteiger partial charge is 0.267 e. The minimum Gasteiger partial charge on any atom is -0.274 e. The number of nitrogens with one attached hydrogen (secondary N) is 1. The highest BCUT2D eigenvalue weighted by Crippen LogP contribution is 2.56. The number of alkyl halides is 2. The maximum Gasteiger partial charge on any atom is 0.267 e. The third-order valence-electron chi connectivity index (χ3n) is 5.74. The van der Waals surface area contributed by atoms with Gasteiger partial charge in [-0.3, -0.25) is 9.48 Å². The molecular weight excluding hydrogens is 340 g/mol. The van der Waals surface area contributed by atoms with Gasteiger partial charge in [0.05, 0.1) is 12.2 Å². The second-order valence-corrected chi connectivity index (χ2v) is 8.89. The van der Waals surface area contributed by atoms with Crippen molar-refractivity contribution in [3.8, 4) is 0 Å². The molecule has 0 aromatic carbocycles. The summed E-state index contributed by atoms with van der Waals surface area (Å²) in [6.07, 6.45) is 5.70. The van der Waals surface area contributed by atoms with Gasteiger partial charge in [-0.15, -0.1) is 0 Å². The molecule has 4 rings (SSSR count). The first-order valence-electron chi connectivity index (χ1n) is 8.25. The Bertz CT molecular complexity index is 773. The van der Waals surface area contributed by atoms with Gasteiger partial charge in [-0.1, -0.05) is 0 Å². The number of fused-ring (bicyclic) bond motifs is 2. The van der Waals surface area contributed by atoms with Crippen LogP contribution in [0.1, 0.15) is 44.6 Å². The molecule has 3 atom stereocenters. The molecule has 132 valence electrons. The van der Waals surface area contributed by atoms with Gasteiger partial charge in [0.1, 0.15) is 4.90 Å². The zero-order valence-corrected chi connectivity index (χ0v) is 13.8. The van der Waals surface area contributed by atoms with E-state index in [1.54, 1.807) is 4.68 Å². The molecule has 0 radical (unpaired) electrons. The lowest BCUT2D eigenvalue weighted by Crippen LogP contribution is -2.40. The lowest BCUT2D eigenvalue weighted by molar-refractivity contribution is -0.128. The van der Waals surface area contributed by atoms with Crippen LogP contribution in [0.4, 0.5) is 8.78 Å². The minimum atomic E-state index is -4.01. The summed E-state index contributed by atoms with van der Waals surface area (Å²) in [5.74, 6) is -5.27. The Morgan fingerprint density at radius 3 is 2.62 bits per heavy atom. The maximum atomic E-state index is 13.5. The monoisotopic (exact) mass is 359 g/mol. The first kappa shape index (κ1) is 16.0. The first-order valence-corrected chi connectivity index (χ1v) is 9.73. The molecular formula is C15H19F2N3O3S. The zero-order chi connectivity index (χ0) is 17.1. The molecule has 1 aromatic heterocycles. The number of carbonyl (C=O) groups excluding carboxylic acids is 1. The molecule has 3 aliphatic rings. The quantitative estimate of drug-likeness (QED) is 0.893. The van der Waals surface area contributed by atoms with Crippen molar-refractivity contribution in [2.24, 2.45) is 17.8 Å². The highest BCUT2D eigenvalue weighted by molar-refractivity contribution is 7.90. The Hall–Kier alpha value is -1.51. The molecule has 9 heteroatoms. The predicted molar refractivity (Wildman–Crippen MR) is 79.7 cm³/mol. The van der Waals surface area contributed by atoms with Crippen molar-refractivity contribution in [3.63, 3.8) is 0 Å². The standard InChI is InChI=1S/C15H19F2N3O3S/c16-15(17)6-9-4-10(15)5-13(9)14(21)19-24(22,23)12-7-18-20(8-12)11-2-1-3-11/h7-11,13H,1-6H2,(H,19,21)/t9-,10-,13-/m0/s1. The molecule has 1 amide bonds. The van der Waals surface area contributed by atoms with Crippen molar-refractivity contribution in [1.82, 2.24) is 14.5 Å². The molecule has 3 aliphatic carbocycles. The van der Waals surface area contributed by atoms with Crippen molar-refractivity contribution >= 4 is 15.9 Å². The fourth-order valence-corrected chi connectivity index (χ4v) is 5.08. The second-order valence-electron chi connectivity index (χ2n) is 7.21. The van der Waals surface area contributed by atoms with Crippen molar-refractivity contribution in [2.75, 3.05) is 0 Å². The lowest BCUT2D eigenvalue weighted by Gasteiger charge is -2.26. The van der Waals surface area contributed by atoms with E-state index < -0.39 is 39.6 Å². The van der Waals surface area contributed by atoms with Gasteiger partial charge in [0, 0.05) is 24.5 Å². The SMILES string of the molecule is O=C(NS(=O)(=O)c1cnn(C2CCC2)c1)[C@H]1C[C@@H]2C[C@H]1CC2(F)F. The summed E-state index contributed by atoms with van der Waals surface area (Å²) in [6.45, 7) is 0. The average molecular weight is 359 g/mol. The Kier molecular flexibility index (Phi) is 3.49. The first-order chi connectivity index (χ1) is 11.3. The molecule has 0 saturated heterocycles. The minimum absolute atomic E-state index is 0.0559. The van der Waals surface area contributed by atoms with E-state index in [-0.39, 0.29) is 23.8 Å². The number of carbonyl (C=O) groups is 1. The third-order valence-corrected chi connectivity index (χ3v) is 7.04. The topological polar surface area (TPSA) is 81.1 Å². The van der Waals surface area contributed by atoms with E-state index in [2.05, 4.69) is 9.82 Å². The molecule has 0 spiro atoms. The van der Waals surface area contributed by atoms with Crippen molar-refractivity contribution in [3.05, 3.63) is 12.4 Å². The normalized spacial score (nSPS) is 31.8. The number of halogens is 2. The summed E-state index contributed by atoms with van der Waals surface area (Å²) in [4.78, 5) is 12.2. The Morgan fingerprint density at radius 1 is 1.33 bits per heavy atom. The Labute approximate surface area is 138 Å². The van der Waals surface area contributed by atoms with Crippen LogP contribution in [-0.2, 0) is 14.8 Å². The van der Waals surface area contributed by atoms with Crippen LogP contribution in [0.2, 0.25) is 0 Å². The third kappa shape index (κ3) is 2.53. The molecule has 1 heterocycles. The van der Waals surface area contributed by atoms with Crippen LogP contribution in [-0.4, -0.2) is 30.0 Å². The van der Waals surface area contributed by atoms with Gasteiger partial charge in [-0.2, -0.15) is 5.10 Å². The van der Waals surface area contributed by atoms with Gasteiger partial charge in [0.2, 0.25) is 5.91 Å².